The third-order valence-corrected chi connectivity index (χ3v) is 3.93. The van der Waals surface area contributed by atoms with Crippen molar-refractivity contribution >= 4 is 5.78 Å². The summed E-state index contributed by atoms with van der Waals surface area (Å²) in [7, 11) is 0. The molecule has 1 aliphatic rings. The van der Waals surface area contributed by atoms with Crippen LogP contribution in [0.2, 0.25) is 0 Å². The molecule has 1 fully saturated rings. The minimum absolute atomic E-state index is 0.782. The van der Waals surface area contributed by atoms with E-state index in [0.29, 0.717) is 0 Å². The van der Waals surface area contributed by atoms with Crippen LogP contribution in [0.4, 0.5) is 0 Å². The fourth-order valence-electron chi connectivity index (χ4n) is 2.39. The molecule has 11 nitrogen and oxygen atoms in total. The van der Waals surface area contributed by atoms with Gasteiger partial charge in [0.25, 0.3) is 0 Å². The molecular weight excluding hydrogens is 320 g/mol. The van der Waals surface area contributed by atoms with Crippen LogP contribution in [0.1, 0.15) is 0 Å². The molecule has 2 unspecified atom stereocenters. The smallest absolute Gasteiger partial charge is 0.195 e. The lowest BCUT2D eigenvalue weighted by Gasteiger charge is -2.35. The molecule has 0 bridgehead atoms. The van der Waals surface area contributed by atoms with E-state index < -0.39 is 73.9 Å². The molecule has 0 aliphatic carbocycles. The Morgan fingerprint density at radius 1 is 1.09 bits per heavy atom. The molecule has 8 atom stereocenters. The van der Waals surface area contributed by atoms with Gasteiger partial charge in [-0.2, -0.15) is 0 Å². The summed E-state index contributed by atoms with van der Waals surface area (Å²) in [6.45, 7) is -2.91. The van der Waals surface area contributed by atoms with E-state index in [4.69, 9.17) is 14.9 Å². The van der Waals surface area contributed by atoms with Crippen LogP contribution in [0, 0.1) is 0 Å². The molecule has 0 aromatic rings. The first-order valence-corrected chi connectivity index (χ1v) is 6.80. The molecule has 0 amide bonds. The van der Waals surface area contributed by atoms with Crippen LogP contribution < -0.4 is 0 Å². The highest BCUT2D eigenvalue weighted by Gasteiger charge is 2.60. The average Bonchev–Trinajstić information content (AvgIpc) is 2.83. The number of Topliss-reactive ketones (excluding diaryl/α,β-unsaturated/α-hetero) is 1. The molecule has 1 rings (SSSR count). The van der Waals surface area contributed by atoms with Gasteiger partial charge in [0.1, 0.15) is 42.7 Å². The number of hydrogen-bond donors (Lipinski definition) is 9. The first kappa shape index (κ1) is 20.3. The fraction of sp³-hybridized carbons (Fsp3) is 0.917. The van der Waals surface area contributed by atoms with E-state index in [-0.39, 0.29) is 0 Å². The summed E-state index contributed by atoms with van der Waals surface area (Å²) in [5.41, 5.74) is -2.44. The van der Waals surface area contributed by atoms with Crippen molar-refractivity contribution in [1.29, 1.82) is 0 Å². The number of hydrogen-bond acceptors (Lipinski definition) is 11. The maximum atomic E-state index is 12.0. The third-order valence-electron chi connectivity index (χ3n) is 3.93. The number of ketones is 1. The van der Waals surface area contributed by atoms with Crippen molar-refractivity contribution in [1.82, 2.24) is 0 Å². The number of ether oxygens (including phenoxy) is 1. The molecule has 23 heavy (non-hydrogen) atoms. The Kier molecular flexibility index (Phi) is 6.97. The van der Waals surface area contributed by atoms with E-state index in [9.17, 15) is 40.5 Å². The minimum Gasteiger partial charge on any atom is -0.394 e. The van der Waals surface area contributed by atoms with Crippen molar-refractivity contribution < 1.29 is 55.5 Å². The summed E-state index contributed by atoms with van der Waals surface area (Å²) in [5, 5.41) is 85.0. The van der Waals surface area contributed by atoms with Crippen LogP contribution in [-0.4, -0.2) is 120 Å². The number of aliphatic hydroxyl groups is 9. The Bertz CT molecular complexity index is 404. The van der Waals surface area contributed by atoms with Crippen molar-refractivity contribution in [3.63, 3.8) is 0 Å². The quantitative estimate of drug-likeness (QED) is 0.203. The predicted octanol–water partition coefficient (Wildman–Crippen LogP) is -6.16. The van der Waals surface area contributed by atoms with Gasteiger partial charge >= 0.3 is 0 Å². The summed E-state index contributed by atoms with van der Waals surface area (Å²) >= 11 is 0. The number of rotatable bonds is 8. The number of carbonyl (C=O) groups is 1. The monoisotopic (exact) mass is 342 g/mol. The van der Waals surface area contributed by atoms with E-state index in [1.165, 1.54) is 0 Å². The first-order chi connectivity index (χ1) is 10.7. The molecule has 1 heterocycles. The van der Waals surface area contributed by atoms with Gasteiger partial charge in [0.2, 0.25) is 0 Å². The highest BCUT2D eigenvalue weighted by molar-refractivity contribution is 5.89. The summed E-state index contributed by atoms with van der Waals surface area (Å²) in [6.07, 6.45) is -13.9. The molecule has 0 saturated carbocycles. The molecule has 1 saturated heterocycles. The zero-order chi connectivity index (χ0) is 17.9. The van der Waals surface area contributed by atoms with E-state index in [1.807, 2.05) is 0 Å². The Morgan fingerprint density at radius 2 is 1.65 bits per heavy atom. The van der Waals surface area contributed by atoms with Gasteiger partial charge in [0.05, 0.1) is 19.8 Å². The van der Waals surface area contributed by atoms with E-state index in [1.54, 1.807) is 0 Å². The van der Waals surface area contributed by atoms with Crippen molar-refractivity contribution in [3.8, 4) is 0 Å². The van der Waals surface area contributed by atoms with Crippen LogP contribution in [0.3, 0.4) is 0 Å². The lowest BCUT2D eigenvalue weighted by Crippen LogP contribution is -2.61. The third kappa shape index (κ3) is 3.53. The Hall–Kier alpha value is -0.730. The summed E-state index contributed by atoms with van der Waals surface area (Å²) < 4.78 is 5.00. The molecule has 136 valence electrons. The van der Waals surface area contributed by atoms with Gasteiger partial charge in [-0.25, -0.2) is 0 Å². The maximum absolute atomic E-state index is 12.0. The molecule has 1 aliphatic heterocycles. The van der Waals surface area contributed by atoms with Crippen LogP contribution >= 0.6 is 0 Å². The SMILES string of the molecule is O=C(C(O)C1(CO)O[C@H](CO)[C@@H](O)[C@@H]1O)[C@@H](O)[C@H](O)[C@H](O)CO. The van der Waals surface area contributed by atoms with Crippen LogP contribution in [-0.2, 0) is 9.53 Å². The van der Waals surface area contributed by atoms with E-state index >= 15 is 0 Å². The van der Waals surface area contributed by atoms with Gasteiger partial charge in [0.15, 0.2) is 11.4 Å². The molecule has 9 N–H and O–H groups in total. The van der Waals surface area contributed by atoms with Crippen LogP contribution in [0.5, 0.6) is 0 Å². The largest absolute Gasteiger partial charge is 0.394 e. The second-order valence-electron chi connectivity index (χ2n) is 5.38. The van der Waals surface area contributed by atoms with Crippen molar-refractivity contribution in [2.75, 3.05) is 19.8 Å². The van der Waals surface area contributed by atoms with Crippen LogP contribution in [0.25, 0.3) is 0 Å². The molecule has 0 spiro atoms. The molecule has 11 heteroatoms. The zero-order valence-corrected chi connectivity index (χ0v) is 12.0. The average molecular weight is 342 g/mol. The predicted molar refractivity (Wildman–Crippen MR) is 69.9 cm³/mol. The fourth-order valence-corrected chi connectivity index (χ4v) is 2.39. The van der Waals surface area contributed by atoms with Gasteiger partial charge in [-0.05, 0) is 0 Å². The number of carbonyl (C=O) groups excluding carboxylic acids is 1. The van der Waals surface area contributed by atoms with Crippen molar-refractivity contribution in [3.05, 3.63) is 0 Å². The molecule has 0 aromatic carbocycles. The van der Waals surface area contributed by atoms with Crippen molar-refractivity contribution in [2.45, 2.75) is 48.3 Å². The standard InChI is InChI=1S/C12H22O11/c13-1-4(16)6(17)8(19)9(20)11(22)12(3-15)10(21)7(18)5(2-14)23-12/h4-8,10-11,13-19,21-22H,1-3H2/t4-,5-,6-,7-,8+,10+,11?,12?/m1/s1. The van der Waals surface area contributed by atoms with Gasteiger partial charge in [-0.15, -0.1) is 0 Å². The van der Waals surface area contributed by atoms with E-state index in [2.05, 4.69) is 0 Å². The first-order valence-electron chi connectivity index (χ1n) is 6.80. The van der Waals surface area contributed by atoms with Gasteiger partial charge in [-0.3, -0.25) is 4.79 Å². The normalized spacial score (nSPS) is 36.5. The highest BCUT2D eigenvalue weighted by Crippen LogP contribution is 2.35. The van der Waals surface area contributed by atoms with Gasteiger partial charge in [-0.1, -0.05) is 0 Å². The lowest BCUT2D eigenvalue weighted by atomic mass is 9.84. The second-order valence-corrected chi connectivity index (χ2v) is 5.38. The van der Waals surface area contributed by atoms with Gasteiger partial charge < -0.3 is 50.7 Å². The Balaban J connectivity index is 3.00. The summed E-state index contributed by atoms with van der Waals surface area (Å²) in [5.74, 6) is -1.52. The van der Waals surface area contributed by atoms with Crippen molar-refractivity contribution in [2.24, 2.45) is 0 Å². The second kappa shape index (κ2) is 7.90. The van der Waals surface area contributed by atoms with E-state index in [0.717, 1.165) is 0 Å². The van der Waals surface area contributed by atoms with Crippen LogP contribution in [0.15, 0.2) is 0 Å². The summed E-state index contributed by atoms with van der Waals surface area (Å²) in [4.78, 5) is 12.0. The number of aliphatic hydroxyl groups excluding tert-OH is 9. The maximum Gasteiger partial charge on any atom is 0.195 e. The lowest BCUT2D eigenvalue weighted by molar-refractivity contribution is -0.192. The van der Waals surface area contributed by atoms with Gasteiger partial charge in [0, 0.05) is 0 Å². The molecule has 0 radical (unpaired) electrons. The molecule has 0 aromatic heterocycles. The minimum atomic E-state index is -2.44. The zero-order valence-electron chi connectivity index (χ0n) is 12.0. The Morgan fingerprint density at radius 3 is 2.04 bits per heavy atom. The molecular formula is C12H22O11. The Labute approximate surface area is 130 Å². The highest BCUT2D eigenvalue weighted by atomic mass is 16.6. The topological polar surface area (TPSA) is 208 Å². The summed E-state index contributed by atoms with van der Waals surface area (Å²) in [6, 6.07) is 0.